The lowest BCUT2D eigenvalue weighted by atomic mass is 9.58. The van der Waals surface area contributed by atoms with Crippen molar-refractivity contribution < 1.29 is 9.53 Å². The molecule has 1 saturated carbocycles. The van der Waals surface area contributed by atoms with E-state index in [-0.39, 0.29) is 6.09 Å². The Morgan fingerprint density at radius 3 is 2.50 bits per heavy atom. The molecule has 1 aliphatic carbocycles. The maximum atomic E-state index is 12.1. The third kappa shape index (κ3) is 2.63. The molecule has 2 aliphatic rings. The fraction of sp³-hybridized carbons (Fsp3) is 0.929. The number of piperidine rings is 1. The lowest BCUT2D eigenvalue weighted by Gasteiger charge is -2.53. The van der Waals surface area contributed by atoms with Crippen LogP contribution in [0.1, 0.15) is 46.5 Å². The summed E-state index contributed by atoms with van der Waals surface area (Å²) in [7, 11) is 0. The summed E-state index contributed by atoms with van der Waals surface area (Å²) in [6.07, 6.45) is 4.81. The smallest absolute Gasteiger partial charge is 0.410 e. The summed E-state index contributed by atoms with van der Waals surface area (Å²) < 4.78 is 5.44. The van der Waals surface area contributed by atoms with Gasteiger partial charge in [0.2, 0.25) is 0 Å². The second kappa shape index (κ2) is 4.72. The Bertz CT molecular complexity index is 318. The van der Waals surface area contributed by atoms with E-state index in [1.54, 1.807) is 0 Å². The molecule has 18 heavy (non-hydrogen) atoms. The Kier molecular flexibility index (Phi) is 3.58. The van der Waals surface area contributed by atoms with Gasteiger partial charge < -0.3 is 15.4 Å². The van der Waals surface area contributed by atoms with Gasteiger partial charge in [0, 0.05) is 13.1 Å². The average Bonchev–Trinajstić information content (AvgIpc) is 2.23. The van der Waals surface area contributed by atoms with E-state index in [9.17, 15) is 4.79 Å². The molecule has 0 aromatic rings. The summed E-state index contributed by atoms with van der Waals surface area (Å²) in [4.78, 5) is 13.9. The molecule has 0 aromatic heterocycles. The third-order valence-corrected chi connectivity index (χ3v) is 4.47. The van der Waals surface area contributed by atoms with Crippen LogP contribution in [0, 0.1) is 11.3 Å². The van der Waals surface area contributed by atoms with E-state index in [0.717, 1.165) is 19.5 Å². The molecule has 1 amide bonds. The number of carbonyl (C=O) groups is 1. The highest BCUT2D eigenvalue weighted by Crippen LogP contribution is 2.51. The van der Waals surface area contributed by atoms with Gasteiger partial charge in [0.25, 0.3) is 0 Å². The van der Waals surface area contributed by atoms with Gasteiger partial charge in [-0.05, 0) is 57.9 Å². The molecule has 1 atom stereocenters. The van der Waals surface area contributed by atoms with Crippen LogP contribution in [0.3, 0.4) is 0 Å². The molecular formula is C14H26N2O2. The molecule has 0 radical (unpaired) electrons. The minimum Gasteiger partial charge on any atom is -0.444 e. The van der Waals surface area contributed by atoms with E-state index in [4.69, 9.17) is 10.5 Å². The van der Waals surface area contributed by atoms with Crippen molar-refractivity contribution >= 4 is 6.09 Å². The molecule has 1 saturated heterocycles. The van der Waals surface area contributed by atoms with E-state index in [2.05, 4.69) is 0 Å². The Morgan fingerprint density at radius 2 is 2.06 bits per heavy atom. The first-order valence-electron chi connectivity index (χ1n) is 7.04. The molecule has 2 N–H and O–H groups in total. The number of carbonyl (C=O) groups excluding carboxylic acids is 1. The van der Waals surface area contributed by atoms with Crippen molar-refractivity contribution in [3.8, 4) is 0 Å². The molecule has 1 aliphatic heterocycles. The first kappa shape index (κ1) is 13.7. The predicted molar refractivity (Wildman–Crippen MR) is 71.3 cm³/mol. The number of hydrogen-bond donors (Lipinski definition) is 1. The molecule has 2 rings (SSSR count). The zero-order chi connectivity index (χ0) is 13.4. The van der Waals surface area contributed by atoms with Gasteiger partial charge in [0.1, 0.15) is 5.60 Å². The largest absolute Gasteiger partial charge is 0.444 e. The molecule has 2 fully saturated rings. The van der Waals surface area contributed by atoms with Crippen LogP contribution in [0.15, 0.2) is 0 Å². The molecule has 4 heteroatoms. The normalized spacial score (nSPS) is 26.9. The summed E-state index contributed by atoms with van der Waals surface area (Å²) in [5, 5.41) is 0. The quantitative estimate of drug-likeness (QED) is 0.781. The molecule has 0 bridgehead atoms. The number of nitrogens with two attached hydrogens (primary N) is 1. The summed E-state index contributed by atoms with van der Waals surface area (Å²) in [6.45, 7) is 7.99. The number of ether oxygens (including phenoxy) is 1. The fourth-order valence-electron chi connectivity index (χ4n) is 3.22. The monoisotopic (exact) mass is 254 g/mol. The molecule has 4 nitrogen and oxygen atoms in total. The lowest BCUT2D eigenvalue weighted by Crippen LogP contribution is -2.55. The lowest BCUT2D eigenvalue weighted by molar-refractivity contribution is -0.0383. The van der Waals surface area contributed by atoms with E-state index in [1.807, 2.05) is 25.7 Å². The van der Waals surface area contributed by atoms with E-state index in [1.165, 1.54) is 19.3 Å². The van der Waals surface area contributed by atoms with Crippen molar-refractivity contribution in [2.45, 2.75) is 52.1 Å². The summed E-state index contributed by atoms with van der Waals surface area (Å²) in [6, 6.07) is 0. The van der Waals surface area contributed by atoms with E-state index >= 15 is 0 Å². The Balaban J connectivity index is 1.95. The van der Waals surface area contributed by atoms with Crippen LogP contribution in [-0.4, -0.2) is 36.2 Å². The molecule has 0 aromatic carbocycles. The van der Waals surface area contributed by atoms with Gasteiger partial charge in [-0.15, -0.1) is 0 Å². The van der Waals surface area contributed by atoms with Crippen LogP contribution >= 0.6 is 0 Å². The highest BCUT2D eigenvalue weighted by atomic mass is 16.6. The minimum atomic E-state index is -0.416. The number of hydrogen-bond acceptors (Lipinski definition) is 3. The van der Waals surface area contributed by atoms with Crippen molar-refractivity contribution in [3.63, 3.8) is 0 Å². The summed E-state index contributed by atoms with van der Waals surface area (Å²) in [5.74, 6) is 0.451. The zero-order valence-electron chi connectivity index (χ0n) is 11.9. The fourth-order valence-corrected chi connectivity index (χ4v) is 3.22. The van der Waals surface area contributed by atoms with Crippen molar-refractivity contribution in [1.82, 2.24) is 4.90 Å². The molecule has 1 unspecified atom stereocenters. The standard InChI is InChI=1S/C14H26N2O2/c1-13(2,3)18-12(17)16-8-7-14(5-4-6-14)11(9-15)10-16/h11H,4-10,15H2,1-3H3. The second-order valence-corrected chi connectivity index (χ2v) is 6.82. The minimum absolute atomic E-state index is 0.185. The Morgan fingerprint density at radius 1 is 1.39 bits per heavy atom. The van der Waals surface area contributed by atoms with Crippen LogP contribution in [-0.2, 0) is 4.74 Å². The molecular weight excluding hydrogens is 228 g/mol. The number of rotatable bonds is 1. The van der Waals surface area contributed by atoms with Crippen molar-refractivity contribution in [1.29, 1.82) is 0 Å². The third-order valence-electron chi connectivity index (χ3n) is 4.47. The van der Waals surface area contributed by atoms with Crippen LogP contribution in [0.4, 0.5) is 4.79 Å². The van der Waals surface area contributed by atoms with Crippen LogP contribution in [0.25, 0.3) is 0 Å². The van der Waals surface area contributed by atoms with Gasteiger partial charge in [-0.2, -0.15) is 0 Å². The van der Waals surface area contributed by atoms with Gasteiger partial charge in [-0.1, -0.05) is 6.42 Å². The highest BCUT2D eigenvalue weighted by Gasteiger charge is 2.47. The van der Waals surface area contributed by atoms with Gasteiger partial charge in [-0.25, -0.2) is 4.79 Å². The van der Waals surface area contributed by atoms with Gasteiger partial charge in [-0.3, -0.25) is 0 Å². The average molecular weight is 254 g/mol. The van der Waals surface area contributed by atoms with E-state index < -0.39 is 5.60 Å². The molecule has 1 spiro atoms. The zero-order valence-corrected chi connectivity index (χ0v) is 11.9. The van der Waals surface area contributed by atoms with Crippen LogP contribution in [0.5, 0.6) is 0 Å². The molecule has 1 heterocycles. The maximum Gasteiger partial charge on any atom is 0.410 e. The number of nitrogens with zero attached hydrogens (tertiary/aromatic N) is 1. The van der Waals surface area contributed by atoms with Crippen molar-refractivity contribution in [2.75, 3.05) is 19.6 Å². The van der Waals surface area contributed by atoms with Crippen LogP contribution < -0.4 is 5.73 Å². The topological polar surface area (TPSA) is 55.6 Å². The van der Waals surface area contributed by atoms with Gasteiger partial charge >= 0.3 is 6.09 Å². The van der Waals surface area contributed by atoms with Gasteiger partial charge in [0.15, 0.2) is 0 Å². The Labute approximate surface area is 110 Å². The predicted octanol–water partition coefficient (Wildman–Crippen LogP) is 2.37. The maximum absolute atomic E-state index is 12.1. The highest BCUT2D eigenvalue weighted by molar-refractivity contribution is 5.68. The SMILES string of the molecule is CC(C)(C)OC(=O)N1CCC2(CCC2)C(CN)C1. The van der Waals surface area contributed by atoms with Crippen molar-refractivity contribution in [3.05, 3.63) is 0 Å². The second-order valence-electron chi connectivity index (χ2n) is 6.82. The number of likely N-dealkylation sites (tertiary alicyclic amines) is 1. The summed E-state index contributed by atoms with van der Waals surface area (Å²) in [5.41, 5.74) is 5.92. The first-order chi connectivity index (χ1) is 8.36. The van der Waals surface area contributed by atoms with Gasteiger partial charge in [0.05, 0.1) is 0 Å². The van der Waals surface area contributed by atoms with Crippen LogP contribution in [0.2, 0.25) is 0 Å². The summed E-state index contributed by atoms with van der Waals surface area (Å²) >= 11 is 0. The Hall–Kier alpha value is -0.770. The first-order valence-corrected chi connectivity index (χ1v) is 7.04. The van der Waals surface area contributed by atoms with E-state index in [0.29, 0.717) is 17.9 Å². The molecule has 104 valence electrons. The van der Waals surface area contributed by atoms with Crippen molar-refractivity contribution in [2.24, 2.45) is 17.1 Å². The number of amides is 1.